The van der Waals surface area contributed by atoms with E-state index in [4.69, 9.17) is 14.2 Å². The van der Waals surface area contributed by atoms with E-state index in [0.29, 0.717) is 42.2 Å². The maximum atomic E-state index is 11.6. The summed E-state index contributed by atoms with van der Waals surface area (Å²) in [5.41, 5.74) is 1.55. The molecule has 0 spiro atoms. The zero-order chi connectivity index (χ0) is 19.6. The van der Waals surface area contributed by atoms with E-state index in [-0.39, 0.29) is 5.91 Å². The van der Waals surface area contributed by atoms with E-state index < -0.39 is 0 Å². The van der Waals surface area contributed by atoms with E-state index in [9.17, 15) is 4.79 Å². The standard InChI is InChI=1S/C20H24BrNO4S/c1-14(23)22-18-7-8-19(26-12-10-21)20(24-2)17(18)9-11-25-15-5-4-6-16(13-15)27-3/h4-8,13H,9-12H2,1-3H3,(H,22,23). The summed E-state index contributed by atoms with van der Waals surface area (Å²) in [6.07, 6.45) is 2.59. The fourth-order valence-corrected chi connectivity index (χ4v) is 3.22. The number of benzene rings is 2. The van der Waals surface area contributed by atoms with Crippen molar-refractivity contribution >= 4 is 39.3 Å². The fourth-order valence-electron chi connectivity index (χ4n) is 2.61. The van der Waals surface area contributed by atoms with Gasteiger partial charge in [0, 0.05) is 34.8 Å². The molecule has 0 unspecified atom stereocenters. The minimum absolute atomic E-state index is 0.138. The van der Waals surface area contributed by atoms with Gasteiger partial charge >= 0.3 is 0 Å². The normalized spacial score (nSPS) is 10.4. The van der Waals surface area contributed by atoms with E-state index in [1.54, 1.807) is 24.9 Å². The van der Waals surface area contributed by atoms with Crippen LogP contribution in [0.1, 0.15) is 12.5 Å². The number of rotatable bonds is 10. The number of hydrogen-bond donors (Lipinski definition) is 1. The van der Waals surface area contributed by atoms with Crippen LogP contribution < -0.4 is 19.5 Å². The number of halogens is 1. The molecular weight excluding hydrogens is 430 g/mol. The highest BCUT2D eigenvalue weighted by Crippen LogP contribution is 2.37. The van der Waals surface area contributed by atoms with Gasteiger partial charge in [-0.1, -0.05) is 22.0 Å². The maximum Gasteiger partial charge on any atom is 0.221 e. The molecule has 0 heterocycles. The topological polar surface area (TPSA) is 56.8 Å². The van der Waals surface area contributed by atoms with Crippen LogP contribution in [0.25, 0.3) is 0 Å². The van der Waals surface area contributed by atoms with E-state index in [0.717, 1.165) is 16.2 Å². The van der Waals surface area contributed by atoms with Crippen LogP contribution in [0.4, 0.5) is 5.69 Å². The lowest BCUT2D eigenvalue weighted by atomic mass is 10.1. The number of methoxy groups -OCH3 is 1. The van der Waals surface area contributed by atoms with Gasteiger partial charge in [0.15, 0.2) is 11.5 Å². The molecule has 27 heavy (non-hydrogen) atoms. The number of nitrogens with one attached hydrogen (secondary N) is 1. The molecule has 7 heteroatoms. The molecule has 0 fully saturated rings. The summed E-state index contributed by atoms with van der Waals surface area (Å²) in [6, 6.07) is 11.6. The van der Waals surface area contributed by atoms with Gasteiger partial charge in [-0.3, -0.25) is 4.79 Å². The van der Waals surface area contributed by atoms with Crippen LogP contribution >= 0.6 is 27.7 Å². The smallest absolute Gasteiger partial charge is 0.221 e. The lowest BCUT2D eigenvalue weighted by Crippen LogP contribution is -2.12. The molecule has 146 valence electrons. The quantitative estimate of drug-likeness (QED) is 0.414. The number of ether oxygens (including phenoxy) is 3. The van der Waals surface area contributed by atoms with Crippen molar-refractivity contribution in [1.82, 2.24) is 0 Å². The molecule has 1 amide bonds. The molecule has 5 nitrogen and oxygen atoms in total. The summed E-state index contributed by atoms with van der Waals surface area (Å²) in [4.78, 5) is 12.7. The molecule has 0 aliphatic heterocycles. The summed E-state index contributed by atoms with van der Waals surface area (Å²) in [5, 5.41) is 3.57. The highest BCUT2D eigenvalue weighted by atomic mass is 79.9. The van der Waals surface area contributed by atoms with Gasteiger partial charge in [0.05, 0.1) is 20.3 Å². The summed E-state index contributed by atoms with van der Waals surface area (Å²) < 4.78 is 17.2. The summed E-state index contributed by atoms with van der Waals surface area (Å²) in [6.45, 7) is 2.45. The molecule has 0 aliphatic rings. The Kier molecular flexibility index (Phi) is 8.81. The van der Waals surface area contributed by atoms with E-state index >= 15 is 0 Å². The number of amides is 1. The third kappa shape index (κ3) is 6.36. The van der Waals surface area contributed by atoms with Crippen molar-refractivity contribution in [2.75, 3.05) is 37.2 Å². The van der Waals surface area contributed by atoms with Crippen LogP contribution in [0, 0.1) is 0 Å². The fraction of sp³-hybridized carbons (Fsp3) is 0.350. The molecule has 0 bridgehead atoms. The first-order valence-electron chi connectivity index (χ1n) is 8.52. The Morgan fingerprint density at radius 3 is 2.67 bits per heavy atom. The SMILES string of the molecule is COc1c(OCCBr)ccc(NC(C)=O)c1CCOc1cccc(SC)c1. The van der Waals surface area contributed by atoms with Gasteiger partial charge in [0.1, 0.15) is 5.75 Å². The minimum Gasteiger partial charge on any atom is -0.493 e. The lowest BCUT2D eigenvalue weighted by molar-refractivity contribution is -0.114. The average molecular weight is 454 g/mol. The Morgan fingerprint density at radius 2 is 2.00 bits per heavy atom. The predicted octanol–water partition coefficient (Wildman–Crippen LogP) is 4.77. The molecule has 0 saturated heterocycles. The van der Waals surface area contributed by atoms with Gasteiger partial charge in [-0.25, -0.2) is 0 Å². The first-order valence-corrected chi connectivity index (χ1v) is 10.9. The Morgan fingerprint density at radius 1 is 1.19 bits per heavy atom. The van der Waals surface area contributed by atoms with Crippen LogP contribution in [-0.4, -0.2) is 37.8 Å². The largest absolute Gasteiger partial charge is 0.493 e. The monoisotopic (exact) mass is 453 g/mol. The molecule has 0 aliphatic carbocycles. The van der Waals surface area contributed by atoms with Crippen molar-refractivity contribution in [3.63, 3.8) is 0 Å². The van der Waals surface area contributed by atoms with Crippen molar-refractivity contribution in [2.24, 2.45) is 0 Å². The predicted molar refractivity (Wildman–Crippen MR) is 114 cm³/mol. The number of carbonyl (C=O) groups excluding carboxylic acids is 1. The zero-order valence-corrected chi connectivity index (χ0v) is 18.1. The van der Waals surface area contributed by atoms with Crippen molar-refractivity contribution in [3.8, 4) is 17.2 Å². The van der Waals surface area contributed by atoms with E-state index in [1.165, 1.54) is 6.92 Å². The number of anilines is 1. The highest BCUT2D eigenvalue weighted by molar-refractivity contribution is 9.09. The molecule has 2 aromatic rings. The molecule has 0 radical (unpaired) electrons. The first-order chi connectivity index (χ1) is 13.1. The van der Waals surface area contributed by atoms with Crippen molar-refractivity contribution in [3.05, 3.63) is 42.0 Å². The third-order valence-electron chi connectivity index (χ3n) is 3.74. The molecular formula is C20H24BrNO4S. The summed E-state index contributed by atoms with van der Waals surface area (Å²) in [7, 11) is 1.60. The Balaban J connectivity index is 2.20. The number of thioether (sulfide) groups is 1. The van der Waals surface area contributed by atoms with Gasteiger partial charge in [0.2, 0.25) is 5.91 Å². The Bertz CT molecular complexity index is 770. The lowest BCUT2D eigenvalue weighted by Gasteiger charge is -2.18. The van der Waals surface area contributed by atoms with Crippen LogP contribution in [0.5, 0.6) is 17.2 Å². The molecule has 0 aromatic heterocycles. The zero-order valence-electron chi connectivity index (χ0n) is 15.7. The minimum atomic E-state index is -0.138. The summed E-state index contributed by atoms with van der Waals surface area (Å²) >= 11 is 5.02. The number of hydrogen-bond acceptors (Lipinski definition) is 5. The van der Waals surface area contributed by atoms with Crippen LogP contribution in [0.3, 0.4) is 0 Å². The van der Waals surface area contributed by atoms with E-state index in [2.05, 4.69) is 21.2 Å². The van der Waals surface area contributed by atoms with Crippen molar-refractivity contribution in [1.29, 1.82) is 0 Å². The second kappa shape index (κ2) is 11.1. The van der Waals surface area contributed by atoms with Gasteiger partial charge < -0.3 is 19.5 Å². The maximum absolute atomic E-state index is 11.6. The first kappa shape index (κ1) is 21.4. The molecule has 0 saturated carbocycles. The van der Waals surface area contributed by atoms with Gasteiger partial charge in [-0.15, -0.1) is 11.8 Å². The number of alkyl halides is 1. The van der Waals surface area contributed by atoms with Gasteiger partial charge in [0.25, 0.3) is 0 Å². The van der Waals surface area contributed by atoms with Crippen LogP contribution in [-0.2, 0) is 11.2 Å². The van der Waals surface area contributed by atoms with E-state index in [1.807, 2.05) is 36.6 Å². The van der Waals surface area contributed by atoms with Crippen molar-refractivity contribution < 1.29 is 19.0 Å². The van der Waals surface area contributed by atoms with Gasteiger partial charge in [-0.05, 0) is 36.6 Å². The second-order valence-electron chi connectivity index (χ2n) is 5.62. The van der Waals surface area contributed by atoms with Crippen molar-refractivity contribution in [2.45, 2.75) is 18.2 Å². The Hall–Kier alpha value is -1.86. The van der Waals surface area contributed by atoms with Gasteiger partial charge in [-0.2, -0.15) is 0 Å². The molecule has 1 N–H and O–H groups in total. The number of carbonyl (C=O) groups is 1. The Labute approximate surface area is 172 Å². The highest BCUT2D eigenvalue weighted by Gasteiger charge is 2.16. The average Bonchev–Trinajstić information content (AvgIpc) is 2.67. The third-order valence-corrected chi connectivity index (χ3v) is 4.78. The molecule has 0 atom stereocenters. The molecule has 2 aromatic carbocycles. The second-order valence-corrected chi connectivity index (χ2v) is 7.29. The van der Waals surface area contributed by atoms with Crippen LogP contribution in [0.15, 0.2) is 41.3 Å². The summed E-state index contributed by atoms with van der Waals surface area (Å²) in [5.74, 6) is 1.93. The van der Waals surface area contributed by atoms with Crippen LogP contribution in [0.2, 0.25) is 0 Å². The molecule has 2 rings (SSSR count).